The first-order valence-corrected chi connectivity index (χ1v) is 11.7. The summed E-state index contributed by atoms with van der Waals surface area (Å²) in [5.74, 6) is 0.723. The van der Waals surface area contributed by atoms with Gasteiger partial charge in [0, 0.05) is 26.4 Å². The third-order valence-electron chi connectivity index (χ3n) is 4.85. The predicted molar refractivity (Wildman–Crippen MR) is 137 cm³/mol. The minimum Gasteiger partial charge on any atom is -0.356 e. The number of aliphatic imine (C=N–C) groups is 1. The molecule has 0 spiro atoms. The van der Waals surface area contributed by atoms with E-state index < -0.39 is 9.84 Å². The molecule has 0 aliphatic carbocycles. The molecule has 0 aliphatic heterocycles. The average molecular weight is 544 g/mol. The Morgan fingerprint density at radius 2 is 1.60 bits per heavy atom. The normalized spacial score (nSPS) is 12.3. The molecular formula is C23H34IN3O2S. The second-order valence-electron chi connectivity index (χ2n) is 8.42. The number of aryl methyl sites for hydroxylation is 1. The fourth-order valence-corrected chi connectivity index (χ4v) is 4.10. The largest absolute Gasteiger partial charge is 0.356 e. The van der Waals surface area contributed by atoms with E-state index in [9.17, 15) is 8.42 Å². The highest BCUT2D eigenvalue weighted by molar-refractivity contribution is 14.0. The van der Waals surface area contributed by atoms with Crippen LogP contribution in [0, 0.1) is 6.92 Å². The highest BCUT2D eigenvalue weighted by Crippen LogP contribution is 2.22. The van der Waals surface area contributed by atoms with Crippen LogP contribution in [0.25, 0.3) is 0 Å². The zero-order valence-electron chi connectivity index (χ0n) is 18.7. The van der Waals surface area contributed by atoms with Crippen LogP contribution < -0.4 is 10.6 Å². The Kier molecular flexibility index (Phi) is 9.81. The highest BCUT2D eigenvalue weighted by atomic mass is 127. The van der Waals surface area contributed by atoms with Crippen LogP contribution in [0.4, 0.5) is 0 Å². The van der Waals surface area contributed by atoms with Crippen molar-refractivity contribution >= 4 is 39.8 Å². The number of nitrogens with zero attached hydrogens (tertiary/aromatic N) is 1. The first-order valence-electron chi connectivity index (χ1n) is 9.84. The molecule has 0 saturated carbocycles. The Hall–Kier alpha value is -1.61. The van der Waals surface area contributed by atoms with E-state index in [1.54, 1.807) is 13.1 Å². The first kappa shape index (κ1) is 26.4. The Morgan fingerprint density at radius 3 is 2.10 bits per heavy atom. The predicted octanol–water partition coefficient (Wildman–Crippen LogP) is 4.22. The van der Waals surface area contributed by atoms with Crippen molar-refractivity contribution in [2.75, 3.05) is 19.8 Å². The van der Waals surface area contributed by atoms with Gasteiger partial charge in [0.2, 0.25) is 0 Å². The maximum Gasteiger partial charge on any atom is 0.191 e. The van der Waals surface area contributed by atoms with Gasteiger partial charge in [-0.1, -0.05) is 57.2 Å². The molecular weight excluding hydrogens is 509 g/mol. The Bertz CT molecular complexity index is 963. The maximum atomic E-state index is 11.7. The first-order chi connectivity index (χ1) is 13.5. The fourth-order valence-electron chi connectivity index (χ4n) is 3.14. The fraction of sp³-hybridized carbons (Fsp3) is 0.435. The summed E-state index contributed by atoms with van der Waals surface area (Å²) in [4.78, 5) is 4.63. The molecule has 0 heterocycles. The monoisotopic (exact) mass is 543 g/mol. The number of halogens is 1. The van der Waals surface area contributed by atoms with Gasteiger partial charge < -0.3 is 10.6 Å². The topological polar surface area (TPSA) is 70.6 Å². The van der Waals surface area contributed by atoms with Crippen LogP contribution in [0.15, 0.2) is 52.4 Å². The minimum atomic E-state index is -3.19. The molecule has 0 bridgehead atoms. The second-order valence-corrected chi connectivity index (χ2v) is 10.4. The number of hydrogen-bond acceptors (Lipinski definition) is 3. The lowest BCUT2D eigenvalue weighted by atomic mass is 9.86. The molecule has 2 aromatic carbocycles. The molecule has 7 heteroatoms. The molecule has 30 heavy (non-hydrogen) atoms. The number of sulfone groups is 1. The van der Waals surface area contributed by atoms with E-state index >= 15 is 0 Å². The van der Waals surface area contributed by atoms with E-state index in [-0.39, 0.29) is 29.4 Å². The van der Waals surface area contributed by atoms with Gasteiger partial charge in [-0.05, 0) is 47.1 Å². The second kappa shape index (κ2) is 11.1. The van der Waals surface area contributed by atoms with E-state index in [2.05, 4.69) is 60.7 Å². The Morgan fingerprint density at radius 1 is 1.00 bits per heavy atom. The lowest BCUT2D eigenvalue weighted by Crippen LogP contribution is -2.37. The van der Waals surface area contributed by atoms with Crippen LogP contribution in [0.1, 0.15) is 43.0 Å². The number of benzene rings is 2. The van der Waals surface area contributed by atoms with Crippen molar-refractivity contribution in [3.05, 3.63) is 64.7 Å². The van der Waals surface area contributed by atoms with Crippen molar-refractivity contribution in [1.82, 2.24) is 10.6 Å². The van der Waals surface area contributed by atoms with E-state index in [0.29, 0.717) is 11.4 Å². The molecule has 2 rings (SSSR count). The van der Waals surface area contributed by atoms with Gasteiger partial charge in [-0.15, -0.1) is 24.0 Å². The molecule has 0 unspecified atom stereocenters. The quantitative estimate of drug-likeness (QED) is 0.325. The summed E-state index contributed by atoms with van der Waals surface area (Å²) in [7, 11) is -1.45. The Balaban J connectivity index is 0.00000450. The van der Waals surface area contributed by atoms with E-state index in [1.807, 2.05) is 19.1 Å². The molecule has 0 atom stereocenters. The van der Waals surface area contributed by atoms with Crippen LogP contribution in [-0.2, 0) is 28.2 Å². The van der Waals surface area contributed by atoms with E-state index in [0.717, 1.165) is 30.1 Å². The van der Waals surface area contributed by atoms with Gasteiger partial charge in [0.05, 0.1) is 4.90 Å². The van der Waals surface area contributed by atoms with Crippen molar-refractivity contribution in [3.8, 4) is 0 Å². The standard InChI is InChI=1S/C23H33N3O2S.HI/c1-17-15-19(9-12-21(17)29(6,27)28)16-26-22(24-5)25-14-13-18-7-10-20(11-8-18)23(2,3)4;/h7-12,15H,13-14,16H2,1-6H3,(H2,24,25,26);1H. The molecule has 0 amide bonds. The van der Waals surface area contributed by atoms with Crippen molar-refractivity contribution in [2.24, 2.45) is 4.99 Å². The lowest BCUT2D eigenvalue weighted by Gasteiger charge is -2.19. The number of hydrogen-bond donors (Lipinski definition) is 2. The molecule has 2 N–H and O–H groups in total. The van der Waals surface area contributed by atoms with Crippen molar-refractivity contribution in [1.29, 1.82) is 0 Å². The zero-order valence-corrected chi connectivity index (χ0v) is 21.9. The maximum absolute atomic E-state index is 11.7. The summed E-state index contributed by atoms with van der Waals surface area (Å²) in [6, 6.07) is 14.2. The van der Waals surface area contributed by atoms with Crippen molar-refractivity contribution in [2.45, 2.75) is 51.0 Å². The van der Waals surface area contributed by atoms with Gasteiger partial charge >= 0.3 is 0 Å². The minimum absolute atomic E-state index is 0. The van der Waals surface area contributed by atoms with Gasteiger partial charge in [0.1, 0.15) is 0 Å². The summed E-state index contributed by atoms with van der Waals surface area (Å²) in [5.41, 5.74) is 4.56. The van der Waals surface area contributed by atoms with Crippen LogP contribution >= 0.6 is 24.0 Å². The molecule has 0 aliphatic rings. The van der Waals surface area contributed by atoms with Crippen LogP contribution in [0.5, 0.6) is 0 Å². The van der Waals surface area contributed by atoms with E-state index in [1.165, 1.54) is 17.4 Å². The molecule has 5 nitrogen and oxygen atoms in total. The van der Waals surface area contributed by atoms with Crippen LogP contribution in [-0.4, -0.2) is 34.2 Å². The number of nitrogens with one attached hydrogen (secondary N) is 2. The summed E-state index contributed by atoms with van der Waals surface area (Å²) in [5, 5.41) is 6.60. The SMILES string of the molecule is CN=C(NCCc1ccc(C(C)(C)C)cc1)NCc1ccc(S(C)(=O)=O)c(C)c1.I. The Labute approximate surface area is 198 Å². The van der Waals surface area contributed by atoms with Gasteiger partial charge in [0.15, 0.2) is 15.8 Å². The van der Waals surface area contributed by atoms with Gasteiger partial charge in [0.25, 0.3) is 0 Å². The van der Waals surface area contributed by atoms with Crippen LogP contribution in [0.3, 0.4) is 0 Å². The molecule has 166 valence electrons. The zero-order chi connectivity index (χ0) is 21.7. The number of rotatable bonds is 6. The average Bonchev–Trinajstić information content (AvgIpc) is 2.63. The summed E-state index contributed by atoms with van der Waals surface area (Å²) in [6.07, 6.45) is 2.14. The van der Waals surface area contributed by atoms with Gasteiger partial charge in [-0.2, -0.15) is 0 Å². The molecule has 0 saturated heterocycles. The van der Waals surface area contributed by atoms with E-state index in [4.69, 9.17) is 0 Å². The van der Waals surface area contributed by atoms with Gasteiger partial charge in [-0.25, -0.2) is 8.42 Å². The summed E-state index contributed by atoms with van der Waals surface area (Å²) in [6.45, 7) is 9.82. The number of guanidine groups is 1. The molecule has 0 radical (unpaired) electrons. The van der Waals surface area contributed by atoms with Gasteiger partial charge in [-0.3, -0.25) is 4.99 Å². The molecule has 0 aromatic heterocycles. The van der Waals surface area contributed by atoms with Crippen LogP contribution in [0.2, 0.25) is 0 Å². The van der Waals surface area contributed by atoms with Crippen molar-refractivity contribution < 1.29 is 8.42 Å². The molecule has 2 aromatic rings. The highest BCUT2D eigenvalue weighted by Gasteiger charge is 2.13. The lowest BCUT2D eigenvalue weighted by molar-refractivity contribution is 0.590. The summed E-state index contributed by atoms with van der Waals surface area (Å²) >= 11 is 0. The van der Waals surface area contributed by atoms with Crippen molar-refractivity contribution in [3.63, 3.8) is 0 Å². The molecule has 0 fully saturated rings. The smallest absolute Gasteiger partial charge is 0.191 e. The third-order valence-corrected chi connectivity index (χ3v) is 6.11. The third kappa shape index (κ3) is 7.91. The summed E-state index contributed by atoms with van der Waals surface area (Å²) < 4.78 is 23.5.